The van der Waals surface area contributed by atoms with Gasteiger partial charge in [0.2, 0.25) is 5.88 Å². The van der Waals surface area contributed by atoms with E-state index in [-0.39, 0.29) is 18.3 Å². The van der Waals surface area contributed by atoms with Gasteiger partial charge in [-0.05, 0) is 25.1 Å². The van der Waals surface area contributed by atoms with Crippen LogP contribution in [0.15, 0.2) is 42.7 Å². The first-order valence-electron chi connectivity index (χ1n) is 8.76. The fourth-order valence-electron chi connectivity index (χ4n) is 3.35. The maximum atomic E-state index is 13.0. The van der Waals surface area contributed by atoms with Gasteiger partial charge < -0.3 is 9.64 Å². The maximum Gasteiger partial charge on any atom is 0.416 e. The summed E-state index contributed by atoms with van der Waals surface area (Å²) in [6.45, 7) is 2.50. The summed E-state index contributed by atoms with van der Waals surface area (Å²) < 4.78 is 45.8. The molecule has 0 bridgehead atoms. The number of pyridine rings is 2. The van der Waals surface area contributed by atoms with Crippen LogP contribution >= 0.6 is 0 Å². The van der Waals surface area contributed by atoms with Gasteiger partial charge in [-0.15, -0.1) is 0 Å². The van der Waals surface area contributed by atoms with Crippen LogP contribution in [0.1, 0.15) is 28.2 Å². The quantitative estimate of drug-likeness (QED) is 0.688. The number of carbonyl (C=O) groups is 1. The number of carbonyl (C=O) groups excluding carboxylic acids is 1. The molecule has 28 heavy (non-hydrogen) atoms. The highest BCUT2D eigenvalue weighted by atomic mass is 19.4. The first-order chi connectivity index (χ1) is 13.3. The van der Waals surface area contributed by atoms with Crippen molar-refractivity contribution in [1.82, 2.24) is 19.3 Å². The summed E-state index contributed by atoms with van der Waals surface area (Å²) in [5, 5.41) is 0. The predicted octanol–water partition coefficient (Wildman–Crippen LogP) is 3.35. The third kappa shape index (κ3) is 3.39. The number of imidazole rings is 1. The fraction of sp³-hybridized carbons (Fsp3) is 0.316. The summed E-state index contributed by atoms with van der Waals surface area (Å²) in [6.07, 6.45) is -1.52. The van der Waals surface area contributed by atoms with Gasteiger partial charge in [0.15, 0.2) is 0 Å². The van der Waals surface area contributed by atoms with Crippen LogP contribution in [0.25, 0.3) is 5.65 Å². The van der Waals surface area contributed by atoms with Crippen molar-refractivity contribution in [3.05, 3.63) is 59.7 Å². The standard InChI is InChI=1S/C19H17F3N4O2/c1-12-17(26-8-3-2-4-15(26)24-12)18(27)25-9-6-14(11-25)28-16-10-13(5-7-23-16)19(20,21)22/h2-5,7-8,10,14H,6,9,11H2,1H3/t14-/m1/s1. The molecule has 0 radical (unpaired) electrons. The van der Waals surface area contributed by atoms with Gasteiger partial charge in [-0.2, -0.15) is 13.2 Å². The number of likely N-dealkylation sites (tertiary alicyclic amines) is 1. The van der Waals surface area contributed by atoms with Crippen LogP contribution in [-0.2, 0) is 6.18 Å². The number of nitrogens with zero attached hydrogens (tertiary/aromatic N) is 4. The smallest absolute Gasteiger partial charge is 0.416 e. The van der Waals surface area contributed by atoms with Crippen LogP contribution in [0.2, 0.25) is 0 Å². The van der Waals surface area contributed by atoms with E-state index in [0.29, 0.717) is 30.0 Å². The molecule has 4 rings (SSSR count). The predicted molar refractivity (Wildman–Crippen MR) is 94.1 cm³/mol. The number of halogens is 3. The largest absolute Gasteiger partial charge is 0.472 e. The Balaban J connectivity index is 1.48. The number of rotatable bonds is 3. The average Bonchev–Trinajstić information content (AvgIpc) is 3.24. The lowest BCUT2D eigenvalue weighted by Gasteiger charge is -2.17. The Morgan fingerprint density at radius 2 is 2.11 bits per heavy atom. The molecule has 0 aliphatic carbocycles. The van der Waals surface area contributed by atoms with Crippen LogP contribution in [0.4, 0.5) is 13.2 Å². The molecule has 3 aromatic rings. The summed E-state index contributed by atoms with van der Waals surface area (Å²) in [4.78, 5) is 22.8. The lowest BCUT2D eigenvalue weighted by Crippen LogP contribution is -2.32. The number of hydrogen-bond acceptors (Lipinski definition) is 4. The molecule has 1 amide bonds. The van der Waals surface area contributed by atoms with Gasteiger partial charge in [0.05, 0.1) is 17.8 Å². The SMILES string of the molecule is Cc1nc2ccccn2c1C(=O)N1CC[C@@H](Oc2cc(C(F)(F)F)ccn2)C1. The fourth-order valence-corrected chi connectivity index (χ4v) is 3.35. The molecule has 1 aliphatic rings. The first kappa shape index (κ1) is 18.3. The number of amides is 1. The number of alkyl halides is 3. The summed E-state index contributed by atoms with van der Waals surface area (Å²) in [5.74, 6) is -0.278. The minimum atomic E-state index is -4.46. The van der Waals surface area contributed by atoms with Crippen LogP contribution in [-0.4, -0.2) is 44.4 Å². The van der Waals surface area contributed by atoms with Gasteiger partial charge in [-0.3, -0.25) is 9.20 Å². The normalized spacial score (nSPS) is 17.3. The van der Waals surface area contributed by atoms with E-state index in [1.54, 1.807) is 22.4 Å². The van der Waals surface area contributed by atoms with E-state index in [9.17, 15) is 18.0 Å². The van der Waals surface area contributed by atoms with Crippen molar-refractivity contribution in [3.8, 4) is 5.88 Å². The number of fused-ring (bicyclic) bond motifs is 1. The number of aromatic nitrogens is 3. The second-order valence-corrected chi connectivity index (χ2v) is 6.63. The van der Waals surface area contributed by atoms with Crippen molar-refractivity contribution < 1.29 is 22.7 Å². The van der Waals surface area contributed by atoms with E-state index in [2.05, 4.69) is 9.97 Å². The lowest BCUT2D eigenvalue weighted by atomic mass is 10.2. The Labute approximate surface area is 158 Å². The molecule has 4 heterocycles. The second kappa shape index (κ2) is 6.81. The molecule has 0 unspecified atom stereocenters. The zero-order chi connectivity index (χ0) is 19.9. The zero-order valence-electron chi connectivity index (χ0n) is 15.0. The molecule has 0 spiro atoms. The minimum Gasteiger partial charge on any atom is -0.472 e. The van der Waals surface area contributed by atoms with Gasteiger partial charge >= 0.3 is 6.18 Å². The molecular formula is C19H17F3N4O2. The van der Waals surface area contributed by atoms with Gasteiger partial charge in [0.25, 0.3) is 5.91 Å². The Kier molecular flexibility index (Phi) is 4.44. The highest BCUT2D eigenvalue weighted by Gasteiger charge is 2.33. The molecule has 0 aromatic carbocycles. The van der Waals surface area contributed by atoms with E-state index >= 15 is 0 Å². The third-order valence-electron chi connectivity index (χ3n) is 4.69. The van der Waals surface area contributed by atoms with Crippen molar-refractivity contribution in [3.63, 3.8) is 0 Å². The summed E-state index contributed by atoms with van der Waals surface area (Å²) in [7, 11) is 0. The summed E-state index contributed by atoms with van der Waals surface area (Å²) in [5.41, 5.74) is 0.974. The van der Waals surface area contributed by atoms with Crippen LogP contribution in [0.5, 0.6) is 5.88 Å². The van der Waals surface area contributed by atoms with Crippen LogP contribution in [0, 0.1) is 6.92 Å². The molecular weight excluding hydrogens is 373 g/mol. The molecule has 0 saturated carbocycles. The average molecular weight is 390 g/mol. The van der Waals surface area contributed by atoms with E-state index < -0.39 is 17.8 Å². The zero-order valence-corrected chi connectivity index (χ0v) is 15.0. The van der Waals surface area contributed by atoms with Gasteiger partial charge in [0.1, 0.15) is 17.4 Å². The Morgan fingerprint density at radius 1 is 1.29 bits per heavy atom. The lowest BCUT2D eigenvalue weighted by molar-refractivity contribution is -0.137. The molecule has 3 aromatic heterocycles. The molecule has 146 valence electrons. The second-order valence-electron chi connectivity index (χ2n) is 6.63. The Hall–Kier alpha value is -3.10. The van der Waals surface area contributed by atoms with Crippen molar-refractivity contribution in [2.24, 2.45) is 0 Å². The highest BCUT2D eigenvalue weighted by molar-refractivity contribution is 5.94. The van der Waals surface area contributed by atoms with Crippen molar-refractivity contribution in [1.29, 1.82) is 0 Å². The number of ether oxygens (including phenoxy) is 1. The Bertz CT molecular complexity index is 1030. The number of hydrogen-bond donors (Lipinski definition) is 0. The van der Waals surface area contributed by atoms with Gasteiger partial charge in [0, 0.05) is 31.4 Å². The van der Waals surface area contributed by atoms with Gasteiger partial charge in [-0.1, -0.05) is 6.07 Å². The molecule has 1 atom stereocenters. The third-order valence-corrected chi connectivity index (χ3v) is 4.69. The molecule has 9 heteroatoms. The highest BCUT2D eigenvalue weighted by Crippen LogP contribution is 2.31. The summed E-state index contributed by atoms with van der Waals surface area (Å²) in [6, 6.07) is 7.25. The van der Waals surface area contributed by atoms with E-state index in [1.165, 1.54) is 0 Å². The van der Waals surface area contributed by atoms with Crippen molar-refractivity contribution >= 4 is 11.6 Å². The van der Waals surface area contributed by atoms with E-state index in [1.807, 2.05) is 18.2 Å². The monoisotopic (exact) mass is 390 g/mol. The number of aryl methyl sites for hydroxylation is 1. The molecule has 1 fully saturated rings. The first-order valence-corrected chi connectivity index (χ1v) is 8.76. The van der Waals surface area contributed by atoms with Crippen LogP contribution in [0.3, 0.4) is 0 Å². The van der Waals surface area contributed by atoms with Crippen LogP contribution < -0.4 is 4.74 Å². The topological polar surface area (TPSA) is 59.7 Å². The molecule has 6 nitrogen and oxygen atoms in total. The van der Waals surface area contributed by atoms with Gasteiger partial charge in [-0.25, -0.2) is 9.97 Å². The van der Waals surface area contributed by atoms with Crippen molar-refractivity contribution in [2.45, 2.75) is 25.6 Å². The van der Waals surface area contributed by atoms with Crippen molar-refractivity contribution in [2.75, 3.05) is 13.1 Å². The minimum absolute atomic E-state index is 0.0971. The summed E-state index contributed by atoms with van der Waals surface area (Å²) >= 11 is 0. The molecule has 1 aliphatic heterocycles. The van der Waals surface area contributed by atoms with E-state index in [4.69, 9.17) is 4.74 Å². The Morgan fingerprint density at radius 3 is 2.89 bits per heavy atom. The molecule has 1 saturated heterocycles. The maximum absolute atomic E-state index is 13.0. The van der Waals surface area contributed by atoms with E-state index in [0.717, 1.165) is 18.3 Å². The molecule has 0 N–H and O–H groups in total.